The van der Waals surface area contributed by atoms with Gasteiger partial charge in [-0.2, -0.15) is 0 Å². The fraction of sp³-hybridized carbons (Fsp3) is 0.462. The minimum absolute atomic E-state index is 0.0499. The van der Waals surface area contributed by atoms with Gasteiger partial charge in [0.25, 0.3) is 0 Å². The second-order valence-electron chi connectivity index (χ2n) is 9.87. The van der Waals surface area contributed by atoms with Crippen LogP contribution in [0.15, 0.2) is 30.5 Å². The number of carboxylic acid groups (broad SMARTS) is 1. The standard InChI is InChI=1S/C26H37N7O7/c1-13(2)22(29)25(38)31-17(7-9-20(27)34)23(36)33-19(11-14-12-30-16-6-4-3-5-15(14)16)24(37)32-18(26(39)40)8-10-21(28)35/h3-6,12-13,17-19,22,30H,7-11,29H2,1-2H3,(H2,27,34)(H2,28,35)(H,31,38)(H,32,37)(H,33,36)(H,39,40). The molecule has 14 heteroatoms. The number of amides is 5. The van der Waals surface area contributed by atoms with Gasteiger partial charge in [0.05, 0.1) is 6.04 Å². The monoisotopic (exact) mass is 559 g/mol. The molecule has 0 aliphatic rings. The number of fused-ring (bicyclic) bond motifs is 1. The Morgan fingerprint density at radius 1 is 0.825 bits per heavy atom. The Kier molecular flexibility index (Phi) is 11.6. The number of nitrogens with two attached hydrogens (primary N) is 3. The van der Waals surface area contributed by atoms with Gasteiger partial charge in [0, 0.05) is 36.4 Å². The normalized spacial score (nSPS) is 14.1. The number of benzene rings is 1. The first-order chi connectivity index (χ1) is 18.8. The lowest BCUT2D eigenvalue weighted by Gasteiger charge is -2.25. The molecule has 4 atom stereocenters. The topological polar surface area (TPSA) is 253 Å². The van der Waals surface area contributed by atoms with Crippen molar-refractivity contribution in [3.8, 4) is 0 Å². The summed E-state index contributed by atoms with van der Waals surface area (Å²) >= 11 is 0. The van der Waals surface area contributed by atoms with Crippen molar-refractivity contribution in [2.75, 3.05) is 0 Å². The Bertz CT molecular complexity index is 1240. The summed E-state index contributed by atoms with van der Waals surface area (Å²) in [5.74, 6) is -5.34. The first-order valence-corrected chi connectivity index (χ1v) is 12.8. The number of nitrogens with one attached hydrogen (secondary N) is 4. The maximum absolute atomic E-state index is 13.3. The second kappa shape index (κ2) is 14.6. The van der Waals surface area contributed by atoms with Gasteiger partial charge in [-0.25, -0.2) is 4.79 Å². The van der Waals surface area contributed by atoms with Crippen molar-refractivity contribution in [2.24, 2.45) is 23.1 Å². The number of primary amides is 2. The molecule has 2 rings (SSSR count). The predicted octanol–water partition coefficient (Wildman–Crippen LogP) is -1.24. The number of para-hydroxylation sites is 1. The second-order valence-corrected chi connectivity index (χ2v) is 9.87. The van der Waals surface area contributed by atoms with Crippen LogP contribution in [0.25, 0.3) is 10.9 Å². The van der Waals surface area contributed by atoms with Crippen LogP contribution >= 0.6 is 0 Å². The van der Waals surface area contributed by atoms with E-state index < -0.39 is 59.7 Å². The Hall–Kier alpha value is -4.46. The molecule has 0 aliphatic heterocycles. The maximum Gasteiger partial charge on any atom is 0.326 e. The fourth-order valence-electron chi connectivity index (χ4n) is 3.94. The SMILES string of the molecule is CC(C)C(N)C(=O)NC(CCC(N)=O)C(=O)NC(Cc1c[nH]c2ccccc12)C(=O)NC(CCC(N)=O)C(=O)O. The summed E-state index contributed by atoms with van der Waals surface area (Å²) in [4.78, 5) is 76.6. The molecule has 4 unspecified atom stereocenters. The van der Waals surface area contributed by atoms with Gasteiger partial charge in [-0.15, -0.1) is 0 Å². The third-order valence-electron chi connectivity index (χ3n) is 6.36. The van der Waals surface area contributed by atoms with Crippen LogP contribution < -0.4 is 33.2 Å². The number of carbonyl (C=O) groups excluding carboxylic acids is 5. The summed E-state index contributed by atoms with van der Waals surface area (Å²) in [7, 11) is 0. The van der Waals surface area contributed by atoms with E-state index in [2.05, 4.69) is 20.9 Å². The molecule has 14 nitrogen and oxygen atoms in total. The molecule has 0 saturated heterocycles. The van der Waals surface area contributed by atoms with Crippen LogP contribution in [-0.2, 0) is 35.2 Å². The van der Waals surface area contributed by atoms with Crippen LogP contribution in [0.3, 0.4) is 0 Å². The highest BCUT2D eigenvalue weighted by Gasteiger charge is 2.31. The van der Waals surface area contributed by atoms with Crippen molar-refractivity contribution < 1.29 is 33.9 Å². The largest absolute Gasteiger partial charge is 0.480 e. The number of aromatic amines is 1. The van der Waals surface area contributed by atoms with Gasteiger partial charge in [-0.3, -0.25) is 24.0 Å². The maximum atomic E-state index is 13.3. The van der Waals surface area contributed by atoms with Crippen molar-refractivity contribution in [3.05, 3.63) is 36.0 Å². The Morgan fingerprint density at radius 2 is 1.35 bits per heavy atom. The summed E-state index contributed by atoms with van der Waals surface area (Å²) in [6, 6.07) is 2.32. The predicted molar refractivity (Wildman–Crippen MR) is 145 cm³/mol. The first-order valence-electron chi connectivity index (χ1n) is 12.8. The molecule has 1 aromatic heterocycles. The van der Waals surface area contributed by atoms with Crippen LogP contribution in [0.1, 0.15) is 45.1 Å². The summed E-state index contributed by atoms with van der Waals surface area (Å²) in [5, 5.41) is 17.7. The van der Waals surface area contributed by atoms with Crippen molar-refractivity contribution in [2.45, 2.75) is 70.1 Å². The zero-order chi connectivity index (χ0) is 30.0. The number of rotatable bonds is 16. The van der Waals surface area contributed by atoms with Crippen LogP contribution in [0.5, 0.6) is 0 Å². The minimum atomic E-state index is -1.45. The third-order valence-corrected chi connectivity index (χ3v) is 6.36. The molecule has 0 saturated carbocycles. The number of hydrogen-bond donors (Lipinski definition) is 8. The average molecular weight is 560 g/mol. The number of carboxylic acids is 1. The van der Waals surface area contributed by atoms with Crippen molar-refractivity contribution in [1.82, 2.24) is 20.9 Å². The van der Waals surface area contributed by atoms with E-state index in [1.165, 1.54) is 0 Å². The molecule has 0 spiro atoms. The fourth-order valence-corrected chi connectivity index (χ4v) is 3.94. The number of H-pyrrole nitrogens is 1. The highest BCUT2D eigenvalue weighted by atomic mass is 16.4. The van der Waals surface area contributed by atoms with Crippen LogP contribution in [0.4, 0.5) is 0 Å². The number of hydrogen-bond acceptors (Lipinski definition) is 7. The molecule has 11 N–H and O–H groups in total. The Labute approximate surface area is 230 Å². The molecular formula is C26H37N7O7. The Balaban J connectivity index is 2.34. The van der Waals surface area contributed by atoms with Gasteiger partial charge in [0.1, 0.15) is 18.1 Å². The summed E-state index contributed by atoms with van der Waals surface area (Å²) in [6.07, 6.45) is 0.680. The number of aromatic nitrogens is 1. The lowest BCUT2D eigenvalue weighted by molar-refractivity contribution is -0.142. The zero-order valence-electron chi connectivity index (χ0n) is 22.4. The van der Waals surface area contributed by atoms with E-state index in [-0.39, 0.29) is 38.0 Å². The molecule has 1 heterocycles. The van der Waals surface area contributed by atoms with Crippen molar-refractivity contribution in [3.63, 3.8) is 0 Å². The minimum Gasteiger partial charge on any atom is -0.480 e. The van der Waals surface area contributed by atoms with Crippen molar-refractivity contribution >= 4 is 46.4 Å². The Morgan fingerprint density at radius 3 is 1.93 bits per heavy atom. The molecule has 0 radical (unpaired) electrons. The molecule has 1 aromatic carbocycles. The molecule has 0 aliphatic carbocycles. The van der Waals surface area contributed by atoms with E-state index >= 15 is 0 Å². The van der Waals surface area contributed by atoms with E-state index in [1.54, 1.807) is 26.1 Å². The van der Waals surface area contributed by atoms with E-state index in [9.17, 15) is 33.9 Å². The highest BCUT2D eigenvalue weighted by Crippen LogP contribution is 2.19. The van der Waals surface area contributed by atoms with Gasteiger partial charge in [-0.05, 0) is 30.4 Å². The van der Waals surface area contributed by atoms with Gasteiger partial charge < -0.3 is 43.2 Å². The molecule has 2 aromatic rings. The molecule has 218 valence electrons. The van der Waals surface area contributed by atoms with Gasteiger partial charge >= 0.3 is 5.97 Å². The van der Waals surface area contributed by atoms with E-state index in [0.717, 1.165) is 10.9 Å². The van der Waals surface area contributed by atoms with Crippen LogP contribution in [0.2, 0.25) is 0 Å². The number of carbonyl (C=O) groups is 6. The molecular weight excluding hydrogens is 522 g/mol. The van der Waals surface area contributed by atoms with Gasteiger partial charge in [-0.1, -0.05) is 32.0 Å². The molecule has 5 amide bonds. The average Bonchev–Trinajstić information content (AvgIpc) is 3.29. The third kappa shape index (κ3) is 9.38. The lowest BCUT2D eigenvalue weighted by atomic mass is 10.0. The highest BCUT2D eigenvalue weighted by molar-refractivity contribution is 5.95. The number of aliphatic carboxylic acids is 1. The van der Waals surface area contributed by atoms with Gasteiger partial charge in [0.2, 0.25) is 29.5 Å². The quantitative estimate of drug-likeness (QED) is 0.123. The lowest BCUT2D eigenvalue weighted by Crippen LogP contribution is -2.58. The van der Waals surface area contributed by atoms with E-state index in [1.807, 2.05) is 18.2 Å². The molecule has 0 bridgehead atoms. The smallest absolute Gasteiger partial charge is 0.326 e. The molecule has 0 fully saturated rings. The summed E-state index contributed by atoms with van der Waals surface area (Å²) < 4.78 is 0. The molecule has 40 heavy (non-hydrogen) atoms. The van der Waals surface area contributed by atoms with Crippen LogP contribution in [-0.4, -0.2) is 69.8 Å². The van der Waals surface area contributed by atoms with Gasteiger partial charge in [0.15, 0.2) is 0 Å². The first kappa shape index (κ1) is 31.8. The van der Waals surface area contributed by atoms with E-state index in [0.29, 0.717) is 5.56 Å². The van der Waals surface area contributed by atoms with E-state index in [4.69, 9.17) is 17.2 Å². The summed E-state index contributed by atoms with van der Waals surface area (Å²) in [5.41, 5.74) is 17.7. The zero-order valence-corrected chi connectivity index (χ0v) is 22.4. The van der Waals surface area contributed by atoms with Crippen molar-refractivity contribution in [1.29, 1.82) is 0 Å². The summed E-state index contributed by atoms with van der Waals surface area (Å²) in [6.45, 7) is 3.45. The van der Waals surface area contributed by atoms with Crippen LogP contribution in [0, 0.1) is 5.92 Å².